The second kappa shape index (κ2) is 8.84. The number of anilines is 1. The van der Waals surface area contributed by atoms with Crippen molar-refractivity contribution >= 4 is 5.69 Å². The molecule has 0 unspecified atom stereocenters. The minimum absolute atomic E-state index is 0.525. The third-order valence-corrected chi connectivity index (χ3v) is 7.24. The van der Waals surface area contributed by atoms with E-state index in [1.165, 1.54) is 54.7 Å². The summed E-state index contributed by atoms with van der Waals surface area (Å²) in [7, 11) is 0. The van der Waals surface area contributed by atoms with Crippen molar-refractivity contribution in [3.63, 3.8) is 0 Å². The molecule has 4 heterocycles. The van der Waals surface area contributed by atoms with Gasteiger partial charge in [0.25, 0.3) is 0 Å². The van der Waals surface area contributed by atoms with Crippen LogP contribution in [0, 0.1) is 6.92 Å². The number of piperidine rings is 1. The molecule has 172 valence electrons. The Morgan fingerprint density at radius 1 is 0.970 bits per heavy atom. The standard InChI is InChI=1S/C27H33N5O/c1-20-15-23(31-13-9-28-10-14-31)6-7-24(20)21-5-8-25-26(16-21)33-19-27-29-22(18-32(25)27)17-30-11-3-2-4-12-30/h5-8,15-16,18,28H,2-4,9-14,17,19H2,1H3. The second-order valence-electron chi connectivity index (χ2n) is 9.56. The van der Waals surface area contributed by atoms with E-state index in [0.29, 0.717) is 6.61 Å². The fourth-order valence-corrected chi connectivity index (χ4v) is 5.44. The van der Waals surface area contributed by atoms with Gasteiger partial charge in [0.2, 0.25) is 0 Å². The van der Waals surface area contributed by atoms with E-state index in [1.54, 1.807) is 0 Å². The smallest absolute Gasteiger partial charge is 0.151 e. The highest BCUT2D eigenvalue weighted by Crippen LogP contribution is 2.36. The summed E-state index contributed by atoms with van der Waals surface area (Å²) in [4.78, 5) is 9.87. The fraction of sp³-hybridized carbons (Fsp3) is 0.444. The molecule has 0 atom stereocenters. The lowest BCUT2D eigenvalue weighted by Crippen LogP contribution is -2.43. The van der Waals surface area contributed by atoms with Crippen molar-refractivity contribution in [2.45, 2.75) is 39.3 Å². The van der Waals surface area contributed by atoms with Crippen molar-refractivity contribution in [3.8, 4) is 22.6 Å². The van der Waals surface area contributed by atoms with Crippen LogP contribution >= 0.6 is 0 Å². The Bertz CT molecular complexity index is 1140. The molecule has 0 bridgehead atoms. The SMILES string of the molecule is Cc1cc(N2CCNCC2)ccc1-c1ccc2c(c1)OCc1nc(CN3CCCCC3)cn1-2. The molecule has 0 saturated carbocycles. The van der Waals surface area contributed by atoms with Crippen LogP contribution in [0.25, 0.3) is 16.8 Å². The molecule has 0 amide bonds. The van der Waals surface area contributed by atoms with Crippen molar-refractivity contribution < 1.29 is 4.74 Å². The predicted octanol–water partition coefficient (Wildman–Crippen LogP) is 4.14. The number of rotatable bonds is 4. The maximum Gasteiger partial charge on any atom is 0.151 e. The zero-order valence-electron chi connectivity index (χ0n) is 19.5. The highest BCUT2D eigenvalue weighted by Gasteiger charge is 2.22. The average molecular weight is 444 g/mol. The number of piperazine rings is 1. The molecule has 0 spiro atoms. The van der Waals surface area contributed by atoms with Gasteiger partial charge in [0.1, 0.15) is 12.4 Å². The van der Waals surface area contributed by atoms with Crippen LogP contribution in [0.1, 0.15) is 36.3 Å². The van der Waals surface area contributed by atoms with Crippen LogP contribution in [0.15, 0.2) is 42.6 Å². The molecule has 6 heteroatoms. The van der Waals surface area contributed by atoms with Crippen LogP contribution in [-0.2, 0) is 13.2 Å². The Labute approximate surface area is 196 Å². The number of hydrogen-bond acceptors (Lipinski definition) is 5. The number of fused-ring (bicyclic) bond motifs is 3. The van der Waals surface area contributed by atoms with E-state index in [9.17, 15) is 0 Å². The van der Waals surface area contributed by atoms with Gasteiger partial charge in [-0.3, -0.25) is 9.47 Å². The molecule has 33 heavy (non-hydrogen) atoms. The van der Waals surface area contributed by atoms with Crippen LogP contribution in [0.5, 0.6) is 5.75 Å². The summed E-state index contributed by atoms with van der Waals surface area (Å²) in [6.45, 7) is 10.3. The normalized spacial score (nSPS) is 18.5. The minimum atomic E-state index is 0.525. The predicted molar refractivity (Wildman–Crippen MR) is 132 cm³/mol. The summed E-state index contributed by atoms with van der Waals surface area (Å²) in [6, 6.07) is 13.4. The van der Waals surface area contributed by atoms with Gasteiger partial charge in [-0.25, -0.2) is 4.98 Å². The summed E-state index contributed by atoms with van der Waals surface area (Å²) in [5.74, 6) is 1.94. The van der Waals surface area contributed by atoms with E-state index in [4.69, 9.17) is 9.72 Å². The van der Waals surface area contributed by atoms with Gasteiger partial charge in [-0.05, 0) is 73.8 Å². The Balaban J connectivity index is 1.25. The van der Waals surface area contributed by atoms with Crippen molar-refractivity contribution in [2.24, 2.45) is 0 Å². The summed E-state index contributed by atoms with van der Waals surface area (Å²) in [5, 5.41) is 3.43. The zero-order valence-corrected chi connectivity index (χ0v) is 19.5. The molecule has 3 aromatic rings. The van der Waals surface area contributed by atoms with Gasteiger partial charge in [0.15, 0.2) is 5.82 Å². The molecule has 3 aliphatic rings. The van der Waals surface area contributed by atoms with E-state index in [1.807, 2.05) is 0 Å². The van der Waals surface area contributed by atoms with Crippen LogP contribution in [0.4, 0.5) is 5.69 Å². The van der Waals surface area contributed by atoms with E-state index < -0.39 is 0 Å². The van der Waals surface area contributed by atoms with Crippen molar-refractivity contribution in [2.75, 3.05) is 44.2 Å². The lowest BCUT2D eigenvalue weighted by Gasteiger charge is -2.30. The largest absolute Gasteiger partial charge is 0.483 e. The minimum Gasteiger partial charge on any atom is -0.483 e. The third-order valence-electron chi connectivity index (χ3n) is 7.24. The van der Waals surface area contributed by atoms with Crippen molar-refractivity contribution in [3.05, 3.63) is 59.7 Å². The van der Waals surface area contributed by atoms with Gasteiger partial charge < -0.3 is 15.0 Å². The van der Waals surface area contributed by atoms with Gasteiger partial charge in [-0.15, -0.1) is 0 Å². The number of hydrogen-bond donors (Lipinski definition) is 1. The summed E-state index contributed by atoms with van der Waals surface area (Å²) in [6.07, 6.45) is 6.17. The first-order chi connectivity index (χ1) is 16.2. The number of aryl methyl sites for hydroxylation is 1. The van der Waals surface area contributed by atoms with Crippen molar-refractivity contribution in [1.29, 1.82) is 0 Å². The Morgan fingerprint density at radius 2 is 1.82 bits per heavy atom. The van der Waals surface area contributed by atoms with Gasteiger partial charge in [-0.1, -0.05) is 18.6 Å². The second-order valence-corrected chi connectivity index (χ2v) is 9.56. The highest BCUT2D eigenvalue weighted by molar-refractivity contribution is 5.73. The number of likely N-dealkylation sites (tertiary alicyclic amines) is 1. The number of nitrogens with one attached hydrogen (secondary N) is 1. The molecule has 6 rings (SSSR count). The molecule has 2 saturated heterocycles. The molecule has 6 nitrogen and oxygen atoms in total. The maximum absolute atomic E-state index is 6.16. The van der Waals surface area contributed by atoms with E-state index in [-0.39, 0.29) is 0 Å². The Hall–Kier alpha value is -2.83. The molecular weight excluding hydrogens is 410 g/mol. The number of nitrogens with zero attached hydrogens (tertiary/aromatic N) is 4. The molecule has 3 aliphatic heterocycles. The zero-order chi connectivity index (χ0) is 22.2. The first-order valence-electron chi connectivity index (χ1n) is 12.4. The monoisotopic (exact) mass is 443 g/mol. The summed E-state index contributed by atoms with van der Waals surface area (Å²) >= 11 is 0. The summed E-state index contributed by atoms with van der Waals surface area (Å²) < 4.78 is 8.39. The Kier molecular flexibility index (Phi) is 5.56. The topological polar surface area (TPSA) is 45.6 Å². The number of imidazole rings is 1. The quantitative estimate of drug-likeness (QED) is 0.657. The number of ether oxygens (including phenoxy) is 1. The van der Waals surface area contributed by atoms with Crippen LogP contribution in [-0.4, -0.2) is 53.7 Å². The molecule has 1 N–H and O–H groups in total. The average Bonchev–Trinajstić information content (AvgIpc) is 3.28. The third kappa shape index (κ3) is 4.13. The number of aromatic nitrogens is 2. The number of benzene rings is 2. The van der Waals surface area contributed by atoms with Gasteiger partial charge in [0.05, 0.1) is 11.4 Å². The summed E-state index contributed by atoms with van der Waals surface area (Å²) in [5.41, 5.74) is 7.32. The lowest BCUT2D eigenvalue weighted by atomic mass is 9.98. The van der Waals surface area contributed by atoms with Gasteiger partial charge >= 0.3 is 0 Å². The van der Waals surface area contributed by atoms with E-state index in [0.717, 1.165) is 55.7 Å². The highest BCUT2D eigenvalue weighted by atomic mass is 16.5. The van der Waals surface area contributed by atoms with Gasteiger partial charge in [-0.2, -0.15) is 0 Å². The van der Waals surface area contributed by atoms with E-state index >= 15 is 0 Å². The van der Waals surface area contributed by atoms with Crippen LogP contribution in [0.3, 0.4) is 0 Å². The first kappa shape index (κ1) is 20.8. The molecular formula is C27H33N5O. The van der Waals surface area contributed by atoms with Crippen LogP contribution < -0.4 is 15.0 Å². The molecule has 0 aliphatic carbocycles. The lowest BCUT2D eigenvalue weighted by molar-refractivity contribution is 0.218. The van der Waals surface area contributed by atoms with Crippen molar-refractivity contribution in [1.82, 2.24) is 19.8 Å². The molecule has 2 fully saturated rings. The van der Waals surface area contributed by atoms with Crippen LogP contribution in [0.2, 0.25) is 0 Å². The fourth-order valence-electron chi connectivity index (χ4n) is 5.44. The first-order valence-corrected chi connectivity index (χ1v) is 12.4. The van der Waals surface area contributed by atoms with Gasteiger partial charge in [0, 0.05) is 44.6 Å². The molecule has 1 aromatic heterocycles. The molecule has 0 radical (unpaired) electrons. The molecule has 2 aromatic carbocycles. The van der Waals surface area contributed by atoms with E-state index in [2.05, 4.69) is 69.2 Å². The Morgan fingerprint density at radius 3 is 2.64 bits per heavy atom. The maximum atomic E-state index is 6.16.